The van der Waals surface area contributed by atoms with Crippen LogP contribution in [0.25, 0.3) is 0 Å². The number of carbonyl (C=O) groups excluding carboxylic acids is 2. The molecule has 0 atom stereocenters. The first-order chi connectivity index (χ1) is 5.86. The maximum absolute atomic E-state index is 9.43. The van der Waals surface area contributed by atoms with E-state index in [4.69, 9.17) is 30.0 Å². The molecule has 12 heteroatoms. The monoisotopic (exact) mass is 390 g/mol. The number of hydrogen-bond acceptors (Lipinski definition) is 10. The molecule has 0 unspecified atom stereocenters. The summed E-state index contributed by atoms with van der Waals surface area (Å²) in [6.45, 7) is 0. The molecular weight excluding hydrogens is 389 g/mol. The molecule has 76 valence electrons. The van der Waals surface area contributed by atoms with Crippen molar-refractivity contribution in [3.63, 3.8) is 0 Å². The van der Waals surface area contributed by atoms with Gasteiger partial charge in [-0.05, 0) is 12.3 Å². The van der Waals surface area contributed by atoms with E-state index in [2.05, 4.69) is 7.70 Å². The molecule has 0 fully saturated rings. The second-order valence-corrected chi connectivity index (χ2v) is 1.45. The maximum atomic E-state index is 9.43. The molecule has 0 saturated carbocycles. The van der Waals surface area contributed by atoms with Crippen LogP contribution in [0.2, 0.25) is 0 Å². The zero-order valence-corrected chi connectivity index (χ0v) is 14.5. The van der Waals surface area contributed by atoms with Gasteiger partial charge in [-0.15, -0.1) is 0 Å². The first kappa shape index (κ1) is 24.9. The van der Waals surface area contributed by atoms with Gasteiger partial charge in [-0.1, -0.05) is 0 Å². The SMILES string of the molecule is O=C([O-])[O-].O=C([O-])[O-].O=c1oso1.[Ba+2].[Ca+2]. The summed E-state index contributed by atoms with van der Waals surface area (Å²) in [5, 5.41) is 33.3. The Kier molecular flexibility index (Phi) is 28.7. The Morgan fingerprint density at radius 1 is 1.00 bits per heavy atom. The van der Waals surface area contributed by atoms with Crippen LogP contribution < -0.4 is 26.2 Å². The van der Waals surface area contributed by atoms with Crippen molar-refractivity contribution in [1.82, 2.24) is 0 Å². The number of rotatable bonds is 0. The zero-order valence-electron chi connectivity index (χ0n) is 7.00. The van der Waals surface area contributed by atoms with Crippen LogP contribution >= 0.6 is 11.9 Å². The molecule has 0 aromatic carbocycles. The van der Waals surface area contributed by atoms with Crippen molar-refractivity contribution >= 4 is 111 Å². The Morgan fingerprint density at radius 2 is 1.13 bits per heavy atom. The molecule has 0 aliphatic heterocycles. The largest absolute Gasteiger partial charge is 2.00 e. The summed E-state index contributed by atoms with van der Waals surface area (Å²) in [7, 11) is 0. The first-order valence-corrected chi connectivity index (χ1v) is 2.84. The average molecular weight is 389 g/mol. The molecule has 0 N–H and O–H groups in total. The third kappa shape index (κ3) is 52.2. The summed E-state index contributed by atoms with van der Waals surface area (Å²) in [4.78, 5) is 26.1. The minimum atomic E-state index is -2.33. The molecule has 1 aromatic heterocycles. The van der Waals surface area contributed by atoms with E-state index in [1.807, 2.05) is 0 Å². The smallest absolute Gasteiger partial charge is 0.652 e. The molecular formula is C3BaCaO9S. The van der Waals surface area contributed by atoms with E-state index in [1.165, 1.54) is 0 Å². The van der Waals surface area contributed by atoms with E-state index in [0.717, 1.165) is 0 Å². The van der Waals surface area contributed by atoms with E-state index in [0.29, 0.717) is 11.9 Å². The number of carboxylic acid groups (broad SMARTS) is 4. The van der Waals surface area contributed by atoms with Gasteiger partial charge in [-0.3, -0.25) is 7.70 Å². The molecule has 15 heavy (non-hydrogen) atoms. The van der Waals surface area contributed by atoms with Gasteiger partial charge in [0.1, 0.15) is 0 Å². The summed E-state index contributed by atoms with van der Waals surface area (Å²) >= 11 is 0.696. The third-order valence-electron chi connectivity index (χ3n) is 0.204. The fourth-order valence-corrected chi connectivity index (χ4v) is 0.185. The van der Waals surface area contributed by atoms with Gasteiger partial charge in [0.2, 0.25) is 0 Å². The molecule has 1 heterocycles. The van der Waals surface area contributed by atoms with Crippen molar-refractivity contribution in [2.45, 2.75) is 0 Å². The van der Waals surface area contributed by atoms with Crippen molar-refractivity contribution in [2.75, 3.05) is 0 Å². The van der Waals surface area contributed by atoms with Crippen LogP contribution in [0.1, 0.15) is 0 Å². The van der Waals surface area contributed by atoms with Crippen LogP contribution in [-0.2, 0) is 0 Å². The Hall–Kier alpha value is 0.861. The Bertz CT molecular complexity index is 255. The minimum absolute atomic E-state index is 0. The van der Waals surface area contributed by atoms with Crippen LogP contribution in [0.15, 0.2) is 12.5 Å². The van der Waals surface area contributed by atoms with E-state index >= 15 is 0 Å². The van der Waals surface area contributed by atoms with Gasteiger partial charge in [-0.25, -0.2) is 4.79 Å². The fourth-order valence-electron chi connectivity index (χ4n) is 0.0618. The second kappa shape index (κ2) is 17.3. The van der Waals surface area contributed by atoms with Crippen LogP contribution in [0, 0.1) is 0 Å². The molecule has 9 nitrogen and oxygen atoms in total. The molecule has 0 spiro atoms. The molecule has 1 rings (SSSR count). The van der Waals surface area contributed by atoms with E-state index < -0.39 is 18.1 Å². The zero-order chi connectivity index (χ0) is 10.9. The van der Waals surface area contributed by atoms with E-state index in [-0.39, 0.29) is 86.6 Å². The fraction of sp³-hybridized carbons (Fsp3) is 0. The minimum Gasteiger partial charge on any atom is -0.652 e. The summed E-state index contributed by atoms with van der Waals surface area (Å²) in [5.74, 6) is -0.602. The predicted octanol–water partition coefficient (Wildman–Crippen LogP) is -5.36. The van der Waals surface area contributed by atoms with Gasteiger partial charge in [0.05, 0.1) is 0 Å². The quantitative estimate of drug-likeness (QED) is 0.393. The Labute approximate surface area is 156 Å². The topological polar surface area (TPSA) is 170 Å². The van der Waals surface area contributed by atoms with Crippen molar-refractivity contribution < 1.29 is 37.7 Å². The van der Waals surface area contributed by atoms with Gasteiger partial charge >= 0.3 is 92.4 Å². The molecule has 0 saturated heterocycles. The van der Waals surface area contributed by atoms with Crippen LogP contribution in [0.4, 0.5) is 9.59 Å². The van der Waals surface area contributed by atoms with Gasteiger partial charge < -0.3 is 30.0 Å². The maximum Gasteiger partial charge on any atom is 2.00 e. The summed E-state index contributed by atoms with van der Waals surface area (Å²) < 4.78 is 7.97. The average Bonchev–Trinajstić information content (AvgIpc) is 1.80. The van der Waals surface area contributed by atoms with Gasteiger partial charge in [-0.2, -0.15) is 0 Å². The molecule has 0 bridgehead atoms. The standard InChI is InChI=1S/CO3S.2CH2O3.Ba.Ca/c2-1-3-5-4-1;2*2-1(3)4;;/h;2*(H2,2,3,4);;/q;;;2*+2/p-4. The Balaban J connectivity index is -0.0000000575. The molecule has 0 aliphatic carbocycles. The molecule has 1 aromatic rings. The van der Waals surface area contributed by atoms with Crippen molar-refractivity contribution in [2.24, 2.45) is 0 Å². The van der Waals surface area contributed by atoms with Crippen LogP contribution in [0.3, 0.4) is 0 Å². The molecule has 0 aliphatic rings. The van der Waals surface area contributed by atoms with Crippen molar-refractivity contribution in [1.29, 1.82) is 0 Å². The van der Waals surface area contributed by atoms with Crippen molar-refractivity contribution in [3.05, 3.63) is 10.6 Å². The number of hydrogen-bond donors (Lipinski definition) is 0. The normalized spacial score (nSPS) is 6.13. The summed E-state index contributed by atoms with van der Waals surface area (Å²) in [6, 6.07) is 0. The van der Waals surface area contributed by atoms with Crippen LogP contribution in [0.5, 0.6) is 0 Å². The number of carbonyl (C=O) groups is 2. The van der Waals surface area contributed by atoms with E-state index in [9.17, 15) is 4.79 Å². The van der Waals surface area contributed by atoms with Crippen molar-refractivity contribution in [3.8, 4) is 0 Å². The Morgan fingerprint density at radius 3 is 1.13 bits per heavy atom. The van der Waals surface area contributed by atoms with Gasteiger partial charge in [0.25, 0.3) is 11.9 Å². The summed E-state index contributed by atoms with van der Waals surface area (Å²) in [6.07, 6.45) is -4.67. The third-order valence-corrected chi connectivity index (χ3v) is 0.612. The molecule has 0 radical (unpaired) electrons. The van der Waals surface area contributed by atoms with Crippen LogP contribution in [-0.4, -0.2) is 98.9 Å². The molecule has 0 amide bonds. The predicted molar refractivity (Wildman–Crippen MR) is 37.4 cm³/mol. The summed E-state index contributed by atoms with van der Waals surface area (Å²) in [5.41, 5.74) is 0. The first-order valence-electron chi connectivity index (χ1n) is 2.17. The van der Waals surface area contributed by atoms with Gasteiger partial charge in [0, 0.05) is 0 Å². The van der Waals surface area contributed by atoms with E-state index in [1.54, 1.807) is 0 Å². The van der Waals surface area contributed by atoms with Gasteiger partial charge in [0.15, 0.2) is 0 Å². The second-order valence-electron chi connectivity index (χ2n) is 0.985.